The number of thioether (sulfide) groups is 1. The highest BCUT2D eigenvalue weighted by Crippen LogP contribution is 2.35. The molecule has 35 heavy (non-hydrogen) atoms. The van der Waals surface area contributed by atoms with Gasteiger partial charge in [-0.25, -0.2) is 4.68 Å². The zero-order valence-corrected chi connectivity index (χ0v) is 20.1. The molecule has 1 aromatic heterocycles. The van der Waals surface area contributed by atoms with E-state index < -0.39 is 0 Å². The number of anilines is 1. The third-order valence-corrected chi connectivity index (χ3v) is 6.95. The van der Waals surface area contributed by atoms with Gasteiger partial charge in [-0.1, -0.05) is 72.8 Å². The number of hydrogen-bond acceptors (Lipinski definition) is 4. The van der Waals surface area contributed by atoms with Crippen LogP contribution in [-0.2, 0) is 29.3 Å². The van der Waals surface area contributed by atoms with E-state index in [1.165, 1.54) is 5.56 Å². The van der Waals surface area contributed by atoms with Gasteiger partial charge >= 0.3 is 0 Å². The normalized spacial score (nSPS) is 12.2. The van der Waals surface area contributed by atoms with Crippen molar-refractivity contribution >= 4 is 29.4 Å². The zero-order valence-electron chi connectivity index (χ0n) is 19.2. The van der Waals surface area contributed by atoms with E-state index in [4.69, 9.17) is 0 Å². The number of amides is 2. The molecule has 0 unspecified atom stereocenters. The highest BCUT2D eigenvalue weighted by Gasteiger charge is 2.25. The lowest BCUT2D eigenvalue weighted by molar-refractivity contribution is -0.121. The Labute approximate surface area is 208 Å². The first kappa shape index (κ1) is 22.9. The van der Waals surface area contributed by atoms with Gasteiger partial charge in [0.1, 0.15) is 12.4 Å². The molecule has 1 aliphatic rings. The molecule has 4 aromatic rings. The van der Waals surface area contributed by atoms with Gasteiger partial charge in [0.2, 0.25) is 5.91 Å². The van der Waals surface area contributed by atoms with Gasteiger partial charge in [0.25, 0.3) is 5.91 Å². The summed E-state index contributed by atoms with van der Waals surface area (Å²) in [5.74, 6) is 1.83. The van der Waals surface area contributed by atoms with Crippen LogP contribution in [0.3, 0.4) is 0 Å². The largest absolute Gasteiger partial charge is 0.354 e. The summed E-state index contributed by atoms with van der Waals surface area (Å²) in [6.45, 7) is 0.615. The minimum absolute atomic E-state index is 0.0645. The van der Waals surface area contributed by atoms with Gasteiger partial charge in [-0.3, -0.25) is 9.59 Å². The Morgan fingerprint density at radius 2 is 1.54 bits per heavy atom. The van der Waals surface area contributed by atoms with Crippen molar-refractivity contribution < 1.29 is 9.59 Å². The van der Waals surface area contributed by atoms with Gasteiger partial charge in [0, 0.05) is 29.2 Å². The number of nitrogens with zero attached hydrogens (tertiary/aromatic N) is 2. The fourth-order valence-corrected chi connectivity index (χ4v) is 5.16. The van der Waals surface area contributed by atoms with E-state index in [1.807, 2.05) is 84.9 Å². The zero-order chi connectivity index (χ0) is 24.0. The number of benzene rings is 3. The molecule has 2 N–H and O–H groups in total. The summed E-state index contributed by atoms with van der Waals surface area (Å²) in [6, 6.07) is 27.6. The van der Waals surface area contributed by atoms with E-state index in [0.29, 0.717) is 17.9 Å². The number of carbonyl (C=O) groups is 2. The molecular weight excluding hydrogens is 456 g/mol. The lowest BCUT2D eigenvalue weighted by Gasteiger charge is -2.12. The van der Waals surface area contributed by atoms with E-state index in [1.54, 1.807) is 16.4 Å². The molecule has 2 amide bonds. The maximum absolute atomic E-state index is 13.1. The number of carbonyl (C=O) groups excluding carboxylic acids is 2. The van der Waals surface area contributed by atoms with Crippen LogP contribution in [0.15, 0.2) is 84.9 Å². The maximum Gasteiger partial charge on any atom is 0.256 e. The summed E-state index contributed by atoms with van der Waals surface area (Å²) in [7, 11) is 0. The monoisotopic (exact) mass is 482 g/mol. The summed E-state index contributed by atoms with van der Waals surface area (Å²) in [4.78, 5) is 25.7. The second-order valence-corrected chi connectivity index (χ2v) is 9.39. The van der Waals surface area contributed by atoms with Crippen molar-refractivity contribution in [3.8, 4) is 11.1 Å². The van der Waals surface area contributed by atoms with Gasteiger partial charge in [-0.15, -0.1) is 0 Å². The second kappa shape index (κ2) is 10.6. The summed E-state index contributed by atoms with van der Waals surface area (Å²) in [5, 5.41) is 10.6. The molecule has 3 aromatic carbocycles. The van der Waals surface area contributed by atoms with Crippen LogP contribution >= 0.6 is 11.8 Å². The van der Waals surface area contributed by atoms with Crippen LogP contribution in [0.2, 0.25) is 0 Å². The molecule has 0 fully saturated rings. The van der Waals surface area contributed by atoms with Crippen LogP contribution in [0, 0.1) is 0 Å². The Bertz CT molecular complexity index is 1320. The fraction of sp³-hybridized carbons (Fsp3) is 0.179. The van der Waals surface area contributed by atoms with Crippen LogP contribution in [0.25, 0.3) is 11.1 Å². The predicted octanol–water partition coefficient (Wildman–Crippen LogP) is 4.91. The van der Waals surface area contributed by atoms with Crippen LogP contribution in [0.5, 0.6) is 0 Å². The maximum atomic E-state index is 13.1. The molecule has 1 aliphatic heterocycles. The Balaban J connectivity index is 1.25. The molecule has 0 bridgehead atoms. The van der Waals surface area contributed by atoms with E-state index >= 15 is 0 Å². The molecule has 0 saturated heterocycles. The molecule has 5 rings (SSSR count). The fourth-order valence-electron chi connectivity index (χ4n) is 4.13. The molecule has 0 aliphatic carbocycles. The number of fused-ring (bicyclic) bond motifs is 1. The Kier molecular flexibility index (Phi) is 6.95. The number of nitrogens with one attached hydrogen (secondary N) is 2. The van der Waals surface area contributed by atoms with Crippen molar-refractivity contribution in [2.24, 2.45) is 0 Å². The molecule has 6 nitrogen and oxygen atoms in total. The summed E-state index contributed by atoms with van der Waals surface area (Å²) in [6.07, 6.45) is 0.765. The molecule has 2 heterocycles. The Morgan fingerprint density at radius 1 is 0.857 bits per heavy atom. The SMILES string of the molecule is O=C(Cn1nc2c(c1NC(=O)c1ccc(-c3ccccc3)cc1)CSC2)NCCc1ccccc1. The van der Waals surface area contributed by atoms with Gasteiger partial charge in [-0.2, -0.15) is 16.9 Å². The van der Waals surface area contributed by atoms with Gasteiger partial charge in [-0.05, 0) is 35.2 Å². The van der Waals surface area contributed by atoms with Crippen LogP contribution in [0.1, 0.15) is 27.2 Å². The Hall–Kier alpha value is -3.84. The smallest absolute Gasteiger partial charge is 0.256 e. The third-order valence-electron chi connectivity index (χ3n) is 5.98. The van der Waals surface area contributed by atoms with E-state index in [0.717, 1.165) is 40.3 Å². The van der Waals surface area contributed by atoms with Gasteiger partial charge in [0.05, 0.1) is 5.69 Å². The van der Waals surface area contributed by atoms with Crippen molar-refractivity contribution in [1.82, 2.24) is 15.1 Å². The first-order chi connectivity index (χ1) is 17.2. The van der Waals surface area contributed by atoms with Crippen molar-refractivity contribution in [3.63, 3.8) is 0 Å². The van der Waals surface area contributed by atoms with Gasteiger partial charge in [0.15, 0.2) is 0 Å². The van der Waals surface area contributed by atoms with Crippen LogP contribution in [0.4, 0.5) is 5.82 Å². The molecule has 176 valence electrons. The third kappa shape index (κ3) is 5.46. The van der Waals surface area contributed by atoms with Crippen molar-refractivity contribution in [1.29, 1.82) is 0 Å². The standard InChI is InChI=1S/C28H26N4O2S/c33-26(29-16-15-20-7-3-1-4-8-20)17-32-27(24-18-35-19-25(24)31-32)30-28(34)23-13-11-22(12-14-23)21-9-5-2-6-10-21/h1-14H,15-19H2,(H,29,33)(H,30,34). The lowest BCUT2D eigenvalue weighted by Crippen LogP contribution is -2.30. The molecule has 7 heteroatoms. The first-order valence-electron chi connectivity index (χ1n) is 11.6. The van der Waals surface area contributed by atoms with Crippen molar-refractivity contribution in [2.75, 3.05) is 11.9 Å². The number of hydrogen-bond donors (Lipinski definition) is 2. The summed E-state index contributed by atoms with van der Waals surface area (Å²) >= 11 is 1.76. The summed E-state index contributed by atoms with van der Waals surface area (Å²) in [5.41, 5.74) is 5.82. The Morgan fingerprint density at radius 3 is 2.29 bits per heavy atom. The highest BCUT2D eigenvalue weighted by atomic mass is 32.2. The minimum atomic E-state index is -0.213. The first-order valence-corrected chi connectivity index (χ1v) is 12.8. The van der Waals surface area contributed by atoms with Crippen molar-refractivity contribution in [2.45, 2.75) is 24.5 Å². The average molecular weight is 483 g/mol. The molecule has 0 saturated carbocycles. The lowest BCUT2D eigenvalue weighted by atomic mass is 10.0. The van der Waals surface area contributed by atoms with E-state index in [-0.39, 0.29) is 18.4 Å². The topological polar surface area (TPSA) is 76.0 Å². The van der Waals surface area contributed by atoms with Crippen LogP contribution < -0.4 is 10.6 Å². The number of aromatic nitrogens is 2. The molecule has 0 radical (unpaired) electrons. The minimum Gasteiger partial charge on any atom is -0.354 e. The molecule has 0 spiro atoms. The predicted molar refractivity (Wildman–Crippen MR) is 140 cm³/mol. The second-order valence-electron chi connectivity index (χ2n) is 8.41. The number of rotatable bonds is 8. The molecule has 0 atom stereocenters. The molecular formula is C28H26N4O2S. The quantitative estimate of drug-likeness (QED) is 0.374. The van der Waals surface area contributed by atoms with Crippen molar-refractivity contribution in [3.05, 3.63) is 107 Å². The van der Waals surface area contributed by atoms with Crippen LogP contribution in [-0.4, -0.2) is 28.1 Å². The van der Waals surface area contributed by atoms with E-state index in [2.05, 4.69) is 15.7 Å². The van der Waals surface area contributed by atoms with Gasteiger partial charge < -0.3 is 10.6 Å². The summed E-state index contributed by atoms with van der Waals surface area (Å²) < 4.78 is 1.62. The average Bonchev–Trinajstić information content (AvgIpc) is 3.47. The van der Waals surface area contributed by atoms with E-state index in [9.17, 15) is 9.59 Å². The highest BCUT2D eigenvalue weighted by molar-refractivity contribution is 7.98.